The molecule has 2 nitrogen and oxygen atoms in total. The molecule has 2 bridgehead atoms. The number of hydrogen-bond acceptors (Lipinski definition) is 2. The Balaban J connectivity index is 1.73. The molecule has 0 spiro atoms. The van der Waals surface area contributed by atoms with Crippen LogP contribution in [0.1, 0.15) is 36.8 Å². The molecule has 1 aromatic rings. The van der Waals surface area contributed by atoms with Crippen molar-refractivity contribution < 1.29 is 22.7 Å². The van der Waals surface area contributed by atoms with Gasteiger partial charge in [-0.3, -0.25) is 4.79 Å². The fourth-order valence-corrected chi connectivity index (χ4v) is 3.40. The molecule has 2 heterocycles. The molecule has 0 aliphatic carbocycles. The van der Waals surface area contributed by atoms with E-state index in [1.54, 1.807) is 6.07 Å². The molecule has 0 N–H and O–H groups in total. The van der Waals surface area contributed by atoms with Crippen LogP contribution in [0.5, 0.6) is 0 Å². The second kappa shape index (κ2) is 5.44. The molecular formula is C16H17F3O2. The van der Waals surface area contributed by atoms with Crippen molar-refractivity contribution in [3.63, 3.8) is 0 Å². The first-order valence-corrected chi connectivity index (χ1v) is 7.27. The van der Waals surface area contributed by atoms with Crippen LogP contribution in [0.25, 0.3) is 0 Å². The average molecular weight is 298 g/mol. The largest absolute Gasteiger partial charge is 0.416 e. The maximum absolute atomic E-state index is 12.9. The number of benzene rings is 1. The highest BCUT2D eigenvalue weighted by Gasteiger charge is 2.39. The fraction of sp³-hybridized carbons (Fsp3) is 0.562. The first kappa shape index (κ1) is 14.6. The number of rotatable bonds is 3. The number of halogens is 3. The molecule has 2 atom stereocenters. The Bertz CT molecular complexity index is 527. The zero-order chi connectivity index (χ0) is 15.0. The molecule has 0 radical (unpaired) electrons. The van der Waals surface area contributed by atoms with Crippen LogP contribution >= 0.6 is 0 Å². The maximum Gasteiger partial charge on any atom is 0.416 e. The van der Waals surface area contributed by atoms with E-state index in [1.165, 1.54) is 12.1 Å². The molecule has 2 fully saturated rings. The van der Waals surface area contributed by atoms with Crippen LogP contribution in [0.3, 0.4) is 0 Å². The second-order valence-corrected chi connectivity index (χ2v) is 5.92. The van der Waals surface area contributed by atoms with Crippen molar-refractivity contribution in [1.82, 2.24) is 0 Å². The maximum atomic E-state index is 12.9. The monoisotopic (exact) mass is 298 g/mol. The number of ketones is 1. The summed E-state index contributed by atoms with van der Waals surface area (Å²) in [7, 11) is 0. The van der Waals surface area contributed by atoms with E-state index in [4.69, 9.17) is 4.74 Å². The summed E-state index contributed by atoms with van der Waals surface area (Å²) in [6, 6.07) is 5.34. The van der Waals surface area contributed by atoms with E-state index in [-0.39, 0.29) is 35.9 Å². The van der Waals surface area contributed by atoms with Crippen LogP contribution in [-0.2, 0) is 22.1 Å². The van der Waals surface area contributed by atoms with E-state index in [1.807, 2.05) is 0 Å². The van der Waals surface area contributed by atoms with Gasteiger partial charge in [0.2, 0.25) is 0 Å². The van der Waals surface area contributed by atoms with Crippen molar-refractivity contribution in [2.75, 3.05) is 0 Å². The van der Waals surface area contributed by atoms with Crippen LogP contribution < -0.4 is 0 Å². The van der Waals surface area contributed by atoms with Gasteiger partial charge in [0, 0.05) is 12.3 Å². The Hall–Kier alpha value is -1.36. The Morgan fingerprint density at radius 2 is 1.76 bits per heavy atom. The first-order valence-electron chi connectivity index (χ1n) is 7.27. The molecule has 2 aliphatic heterocycles. The van der Waals surface area contributed by atoms with Gasteiger partial charge in [0.25, 0.3) is 0 Å². The number of carbonyl (C=O) groups excluding carboxylic acids is 1. The van der Waals surface area contributed by atoms with Gasteiger partial charge in [-0.1, -0.05) is 18.2 Å². The van der Waals surface area contributed by atoms with E-state index in [0.717, 1.165) is 18.9 Å². The van der Waals surface area contributed by atoms with Gasteiger partial charge in [-0.05, 0) is 37.3 Å². The van der Waals surface area contributed by atoms with Gasteiger partial charge in [0.1, 0.15) is 5.78 Å². The Labute approximate surface area is 121 Å². The first-order chi connectivity index (χ1) is 9.93. The van der Waals surface area contributed by atoms with Crippen LogP contribution in [-0.4, -0.2) is 18.0 Å². The van der Waals surface area contributed by atoms with Gasteiger partial charge in [-0.2, -0.15) is 13.2 Å². The minimum atomic E-state index is -4.41. The number of carbonyl (C=O) groups is 1. The van der Waals surface area contributed by atoms with Crippen LogP contribution in [0.2, 0.25) is 0 Å². The molecule has 2 unspecified atom stereocenters. The van der Waals surface area contributed by atoms with Crippen molar-refractivity contribution in [3.8, 4) is 0 Å². The van der Waals surface area contributed by atoms with E-state index < -0.39 is 11.7 Å². The van der Waals surface area contributed by atoms with Crippen LogP contribution in [0, 0.1) is 5.92 Å². The number of fused-ring (bicyclic) bond motifs is 2. The van der Waals surface area contributed by atoms with E-state index in [9.17, 15) is 18.0 Å². The zero-order valence-electron chi connectivity index (χ0n) is 11.5. The summed E-state index contributed by atoms with van der Waals surface area (Å²) < 4.78 is 44.5. The summed E-state index contributed by atoms with van der Waals surface area (Å²) in [4.78, 5) is 12.3. The lowest BCUT2D eigenvalue weighted by molar-refractivity contribution is -0.138. The molecule has 2 saturated heterocycles. The van der Waals surface area contributed by atoms with Crippen molar-refractivity contribution >= 4 is 5.78 Å². The third kappa shape index (κ3) is 3.12. The molecule has 0 aromatic heterocycles. The van der Waals surface area contributed by atoms with Crippen LogP contribution in [0.4, 0.5) is 13.2 Å². The molecule has 114 valence electrons. The Kier molecular flexibility index (Phi) is 3.78. The van der Waals surface area contributed by atoms with Gasteiger partial charge in [-0.25, -0.2) is 0 Å². The minimum Gasteiger partial charge on any atom is -0.375 e. The molecule has 1 aromatic carbocycles. The highest BCUT2D eigenvalue weighted by Crippen LogP contribution is 2.37. The van der Waals surface area contributed by atoms with E-state index >= 15 is 0 Å². The summed E-state index contributed by atoms with van der Waals surface area (Å²) in [5.41, 5.74) is -0.623. The summed E-state index contributed by atoms with van der Waals surface area (Å²) in [5, 5.41) is 0. The molecule has 21 heavy (non-hydrogen) atoms. The molecule has 0 amide bonds. The van der Waals surface area contributed by atoms with E-state index in [0.29, 0.717) is 12.8 Å². The predicted molar refractivity (Wildman–Crippen MR) is 70.8 cm³/mol. The molecule has 5 heteroatoms. The van der Waals surface area contributed by atoms with E-state index in [2.05, 4.69) is 0 Å². The lowest BCUT2D eigenvalue weighted by Gasteiger charge is -2.27. The van der Waals surface area contributed by atoms with Gasteiger partial charge in [0.05, 0.1) is 17.8 Å². The minimum absolute atomic E-state index is 0.0776. The van der Waals surface area contributed by atoms with Gasteiger partial charge in [0.15, 0.2) is 0 Å². The molecule has 0 saturated carbocycles. The van der Waals surface area contributed by atoms with Crippen molar-refractivity contribution in [3.05, 3.63) is 35.4 Å². The lowest BCUT2D eigenvalue weighted by atomic mass is 9.87. The molecular weight excluding hydrogens is 281 g/mol. The quantitative estimate of drug-likeness (QED) is 0.849. The van der Waals surface area contributed by atoms with Crippen LogP contribution in [0.15, 0.2) is 24.3 Å². The zero-order valence-corrected chi connectivity index (χ0v) is 11.5. The lowest BCUT2D eigenvalue weighted by Crippen LogP contribution is -2.31. The van der Waals surface area contributed by atoms with Gasteiger partial charge in [-0.15, -0.1) is 0 Å². The smallest absolute Gasteiger partial charge is 0.375 e. The summed E-state index contributed by atoms with van der Waals surface area (Å²) in [5.74, 6) is -0.246. The third-order valence-electron chi connectivity index (χ3n) is 4.43. The van der Waals surface area contributed by atoms with Gasteiger partial charge >= 0.3 is 6.18 Å². The summed E-state index contributed by atoms with van der Waals surface area (Å²) >= 11 is 0. The number of Topliss-reactive ketones (excluding diaryl/α,β-unsaturated/α-hetero) is 1. The highest BCUT2D eigenvalue weighted by molar-refractivity contribution is 5.83. The van der Waals surface area contributed by atoms with Gasteiger partial charge < -0.3 is 4.74 Å². The van der Waals surface area contributed by atoms with Crippen molar-refractivity contribution in [2.45, 2.75) is 50.5 Å². The number of alkyl halides is 3. The average Bonchev–Trinajstić information content (AvgIpc) is 2.76. The molecule has 3 rings (SSSR count). The normalized spacial score (nSPS) is 28.6. The van der Waals surface area contributed by atoms with Crippen molar-refractivity contribution in [2.24, 2.45) is 5.92 Å². The Morgan fingerprint density at radius 3 is 2.38 bits per heavy atom. The Morgan fingerprint density at radius 1 is 1.14 bits per heavy atom. The SMILES string of the molecule is O=C(Cc1ccccc1C(F)(F)F)C1CC2CCC(C1)O2. The predicted octanol–water partition coefficient (Wildman–Crippen LogP) is 3.77. The summed E-state index contributed by atoms with van der Waals surface area (Å²) in [6.45, 7) is 0. The number of hydrogen-bond donors (Lipinski definition) is 0. The molecule has 2 aliphatic rings. The standard InChI is InChI=1S/C16H17F3O2/c17-16(18,19)14-4-2-1-3-10(14)9-15(20)11-7-12-5-6-13(8-11)21-12/h1-4,11-13H,5-9H2. The fourth-order valence-electron chi connectivity index (χ4n) is 3.40. The highest BCUT2D eigenvalue weighted by atomic mass is 19.4. The third-order valence-corrected chi connectivity index (χ3v) is 4.43. The number of ether oxygens (including phenoxy) is 1. The second-order valence-electron chi connectivity index (χ2n) is 5.92. The topological polar surface area (TPSA) is 26.3 Å². The van der Waals surface area contributed by atoms with Crippen molar-refractivity contribution in [1.29, 1.82) is 0 Å². The summed E-state index contributed by atoms with van der Waals surface area (Å²) in [6.07, 6.45) is -1.06.